The molecule has 0 unspecified atom stereocenters. The van der Waals surface area contributed by atoms with Crippen LogP contribution in [0.3, 0.4) is 0 Å². The third-order valence-corrected chi connectivity index (χ3v) is 8.85. The number of aromatic nitrogens is 2. The van der Waals surface area contributed by atoms with E-state index in [-0.39, 0.29) is 29.8 Å². The van der Waals surface area contributed by atoms with E-state index in [2.05, 4.69) is 10.1 Å². The lowest BCUT2D eigenvalue weighted by molar-refractivity contribution is -0.135. The number of ether oxygens (including phenoxy) is 2. The van der Waals surface area contributed by atoms with E-state index in [1.54, 1.807) is 55.5 Å². The van der Waals surface area contributed by atoms with Gasteiger partial charge in [0.05, 0.1) is 19.1 Å². The number of fused-ring (bicyclic) bond motifs is 1. The molecule has 39 heavy (non-hydrogen) atoms. The van der Waals surface area contributed by atoms with Gasteiger partial charge in [-0.05, 0) is 60.9 Å². The Balaban J connectivity index is 1.34. The summed E-state index contributed by atoms with van der Waals surface area (Å²) in [7, 11) is -0.774. The molecule has 0 bridgehead atoms. The van der Waals surface area contributed by atoms with Gasteiger partial charge >= 0.3 is 0 Å². The molecule has 1 amide bonds. The monoisotopic (exact) mass is 550 g/mol. The predicted molar refractivity (Wildman–Crippen MR) is 145 cm³/mol. The molecule has 0 aliphatic carbocycles. The molecule has 0 saturated carbocycles. The van der Waals surface area contributed by atoms with Gasteiger partial charge in [-0.25, -0.2) is 8.42 Å². The van der Waals surface area contributed by atoms with Crippen molar-refractivity contribution in [2.24, 2.45) is 0 Å². The molecule has 1 saturated heterocycles. The maximum absolute atomic E-state index is 13.6. The summed E-state index contributed by atoms with van der Waals surface area (Å²) in [6.45, 7) is 2.54. The zero-order valence-electron chi connectivity index (χ0n) is 22.0. The van der Waals surface area contributed by atoms with Crippen LogP contribution in [0.1, 0.15) is 25.7 Å². The number of hydrogen-bond acceptors (Lipinski definition) is 8. The summed E-state index contributed by atoms with van der Waals surface area (Å²) in [6, 6.07) is 17.1. The molecule has 2 heterocycles. The van der Waals surface area contributed by atoms with E-state index >= 15 is 0 Å². The minimum atomic E-state index is -3.87. The summed E-state index contributed by atoms with van der Waals surface area (Å²) in [6.07, 6.45) is 1.05. The minimum Gasteiger partial charge on any atom is -0.493 e. The molecule has 0 spiro atoms. The summed E-state index contributed by atoms with van der Waals surface area (Å²) in [5.74, 6) is 1.41. The van der Waals surface area contributed by atoms with Gasteiger partial charge < -0.3 is 18.9 Å². The quantitative estimate of drug-likeness (QED) is 0.306. The Morgan fingerprint density at radius 3 is 2.56 bits per heavy atom. The summed E-state index contributed by atoms with van der Waals surface area (Å²) < 4.78 is 44.6. The highest BCUT2D eigenvalue weighted by atomic mass is 32.2. The molecule has 5 rings (SSSR count). The standard InChI is InChI=1S/C28H30N4O6S/c1-4-31(18-26-29-27(30-38-26)21-12-14-24(36-2)25(17-21)37-3)28(33)23-10-7-15-32(23)39(34,35)22-13-11-19-8-5-6-9-20(19)16-22/h5-6,8-9,11-14,16-17,23H,4,7,10,15,18H2,1-3H3/t23-/m1/s1. The Labute approximate surface area is 227 Å². The maximum atomic E-state index is 13.6. The Kier molecular flexibility index (Phi) is 7.53. The van der Waals surface area contributed by atoms with Crippen LogP contribution in [0.2, 0.25) is 0 Å². The Morgan fingerprint density at radius 1 is 1.05 bits per heavy atom. The average Bonchev–Trinajstić information content (AvgIpc) is 3.65. The number of carbonyl (C=O) groups excluding carboxylic acids is 1. The number of sulfonamides is 1. The lowest BCUT2D eigenvalue weighted by atomic mass is 10.1. The first-order valence-electron chi connectivity index (χ1n) is 12.7. The highest BCUT2D eigenvalue weighted by molar-refractivity contribution is 7.89. The van der Waals surface area contributed by atoms with Crippen LogP contribution in [-0.2, 0) is 21.4 Å². The minimum absolute atomic E-state index is 0.0655. The van der Waals surface area contributed by atoms with Gasteiger partial charge in [0.15, 0.2) is 11.5 Å². The summed E-state index contributed by atoms with van der Waals surface area (Å²) in [5.41, 5.74) is 0.667. The van der Waals surface area contributed by atoms with Gasteiger partial charge in [-0.15, -0.1) is 0 Å². The molecular weight excluding hydrogens is 520 g/mol. The lowest BCUT2D eigenvalue weighted by Gasteiger charge is -2.28. The Morgan fingerprint density at radius 2 is 1.82 bits per heavy atom. The van der Waals surface area contributed by atoms with E-state index in [9.17, 15) is 13.2 Å². The van der Waals surface area contributed by atoms with Gasteiger partial charge in [0.1, 0.15) is 12.6 Å². The highest BCUT2D eigenvalue weighted by Gasteiger charge is 2.41. The molecule has 1 atom stereocenters. The molecule has 0 radical (unpaired) electrons. The Hall–Kier alpha value is -3.96. The SMILES string of the molecule is CCN(Cc1nc(-c2ccc(OC)c(OC)c2)no1)C(=O)[C@H]1CCCN1S(=O)(=O)c1ccc2ccccc2c1. The zero-order valence-corrected chi connectivity index (χ0v) is 22.8. The number of amides is 1. The van der Waals surface area contributed by atoms with Crippen LogP contribution in [0.15, 0.2) is 70.1 Å². The van der Waals surface area contributed by atoms with E-state index in [0.29, 0.717) is 42.3 Å². The fourth-order valence-corrected chi connectivity index (χ4v) is 6.56. The van der Waals surface area contributed by atoms with E-state index in [0.717, 1.165) is 10.8 Å². The first-order chi connectivity index (χ1) is 18.8. The van der Waals surface area contributed by atoms with Crippen LogP contribution >= 0.6 is 0 Å². The van der Waals surface area contributed by atoms with Gasteiger partial charge in [0.25, 0.3) is 0 Å². The third kappa shape index (κ3) is 5.19. The fourth-order valence-electron chi connectivity index (χ4n) is 4.87. The Bertz CT molecular complexity index is 1600. The smallest absolute Gasteiger partial charge is 0.246 e. The zero-order chi connectivity index (χ0) is 27.6. The van der Waals surface area contributed by atoms with Crippen LogP contribution < -0.4 is 9.47 Å². The van der Waals surface area contributed by atoms with Crippen molar-refractivity contribution < 1.29 is 27.2 Å². The number of benzene rings is 3. The normalized spacial score (nSPS) is 15.9. The van der Waals surface area contributed by atoms with Gasteiger partial charge in [-0.1, -0.05) is 35.5 Å². The van der Waals surface area contributed by atoms with Gasteiger partial charge in [0.2, 0.25) is 27.6 Å². The van der Waals surface area contributed by atoms with Crippen LogP contribution in [0.4, 0.5) is 0 Å². The number of likely N-dealkylation sites (N-methyl/N-ethyl adjacent to an activating group) is 1. The van der Waals surface area contributed by atoms with Crippen LogP contribution in [0.25, 0.3) is 22.2 Å². The second kappa shape index (κ2) is 11.0. The largest absolute Gasteiger partial charge is 0.493 e. The number of rotatable bonds is 9. The van der Waals surface area contributed by atoms with E-state index in [1.165, 1.54) is 4.31 Å². The van der Waals surface area contributed by atoms with Crippen molar-refractivity contribution in [1.29, 1.82) is 0 Å². The summed E-state index contributed by atoms with van der Waals surface area (Å²) >= 11 is 0. The molecule has 11 heteroatoms. The topological polar surface area (TPSA) is 115 Å². The summed E-state index contributed by atoms with van der Waals surface area (Å²) in [4.78, 5) is 19.8. The first-order valence-corrected chi connectivity index (χ1v) is 14.1. The third-order valence-electron chi connectivity index (χ3n) is 6.95. The predicted octanol–water partition coefficient (Wildman–Crippen LogP) is 4.11. The average molecular weight is 551 g/mol. The van der Waals surface area contributed by atoms with Crippen molar-refractivity contribution >= 4 is 26.7 Å². The van der Waals surface area contributed by atoms with Gasteiger partial charge in [-0.3, -0.25) is 4.79 Å². The molecule has 10 nitrogen and oxygen atoms in total. The van der Waals surface area contributed by atoms with Gasteiger partial charge in [-0.2, -0.15) is 9.29 Å². The fraction of sp³-hybridized carbons (Fsp3) is 0.321. The molecule has 1 aromatic heterocycles. The highest BCUT2D eigenvalue weighted by Crippen LogP contribution is 2.32. The van der Waals surface area contributed by atoms with Gasteiger partial charge in [0, 0.05) is 18.7 Å². The number of hydrogen-bond donors (Lipinski definition) is 0. The summed E-state index contributed by atoms with van der Waals surface area (Å²) in [5, 5.41) is 5.84. The van der Waals surface area contributed by atoms with Crippen molar-refractivity contribution in [3.63, 3.8) is 0 Å². The lowest BCUT2D eigenvalue weighted by Crippen LogP contribution is -2.47. The first kappa shape index (κ1) is 26.6. The molecule has 3 aromatic carbocycles. The molecule has 204 valence electrons. The molecule has 1 fully saturated rings. The molecule has 1 aliphatic heterocycles. The van der Waals surface area contributed by atoms with E-state index in [4.69, 9.17) is 14.0 Å². The number of nitrogens with zero attached hydrogens (tertiary/aromatic N) is 4. The number of carbonyl (C=O) groups is 1. The van der Waals surface area contributed by atoms with E-state index < -0.39 is 16.1 Å². The number of methoxy groups -OCH3 is 2. The molecule has 0 N–H and O–H groups in total. The maximum Gasteiger partial charge on any atom is 0.246 e. The molecule has 4 aromatic rings. The van der Waals surface area contributed by atoms with Crippen molar-refractivity contribution in [1.82, 2.24) is 19.3 Å². The van der Waals surface area contributed by atoms with Crippen LogP contribution in [0, 0.1) is 0 Å². The van der Waals surface area contributed by atoms with Crippen molar-refractivity contribution in [3.8, 4) is 22.9 Å². The van der Waals surface area contributed by atoms with Crippen LogP contribution in [0.5, 0.6) is 11.5 Å². The van der Waals surface area contributed by atoms with Crippen molar-refractivity contribution in [2.45, 2.75) is 37.2 Å². The molecule has 1 aliphatic rings. The molecular formula is C28H30N4O6S. The van der Waals surface area contributed by atoms with E-state index in [1.807, 2.05) is 31.2 Å². The second-order valence-electron chi connectivity index (χ2n) is 9.22. The van der Waals surface area contributed by atoms with Crippen molar-refractivity contribution in [2.75, 3.05) is 27.3 Å². The van der Waals surface area contributed by atoms with Crippen molar-refractivity contribution in [3.05, 3.63) is 66.6 Å². The van der Waals surface area contributed by atoms with Crippen LogP contribution in [-0.4, -0.2) is 67.0 Å². The second-order valence-corrected chi connectivity index (χ2v) is 11.1.